The highest BCUT2D eigenvalue weighted by Crippen LogP contribution is 2.05. The first-order valence-electron chi connectivity index (χ1n) is 5.60. The van der Waals surface area contributed by atoms with Crippen LogP contribution in [-0.2, 0) is 20.9 Å². The maximum atomic E-state index is 10.9. The van der Waals surface area contributed by atoms with Crippen LogP contribution >= 0.6 is 0 Å². The summed E-state index contributed by atoms with van der Waals surface area (Å²) < 4.78 is 9.92. The minimum absolute atomic E-state index is 0.114. The van der Waals surface area contributed by atoms with Gasteiger partial charge in [-0.15, -0.1) is 0 Å². The molecule has 17 heavy (non-hydrogen) atoms. The van der Waals surface area contributed by atoms with Crippen molar-refractivity contribution in [2.24, 2.45) is 0 Å². The fraction of sp³-hybridized carbons (Fsp3) is 0.500. The number of nitrogens with zero attached hydrogens (tertiary/aromatic N) is 1. The highest BCUT2D eigenvalue weighted by Gasteiger charge is 2.01. The maximum absolute atomic E-state index is 10.9. The molecule has 0 aliphatic heterocycles. The second kappa shape index (κ2) is 7.62. The van der Waals surface area contributed by atoms with Crippen LogP contribution in [0.5, 0.6) is 0 Å². The van der Waals surface area contributed by atoms with Gasteiger partial charge < -0.3 is 14.8 Å². The number of nitrogens with one attached hydrogen (secondary N) is 1. The number of ether oxygens (including phenoxy) is 2. The molecule has 0 aromatic carbocycles. The molecule has 94 valence electrons. The maximum Gasteiger partial charge on any atom is 0.325 e. The summed E-state index contributed by atoms with van der Waals surface area (Å²) in [5.41, 5.74) is 0.841. The van der Waals surface area contributed by atoms with Crippen LogP contribution in [0.2, 0.25) is 0 Å². The van der Waals surface area contributed by atoms with Crippen molar-refractivity contribution in [2.45, 2.75) is 20.0 Å². The second-order valence-electron chi connectivity index (χ2n) is 3.50. The zero-order valence-corrected chi connectivity index (χ0v) is 10.2. The van der Waals surface area contributed by atoms with Crippen LogP contribution in [0.1, 0.15) is 19.0 Å². The van der Waals surface area contributed by atoms with E-state index in [9.17, 15) is 4.79 Å². The highest BCUT2D eigenvalue weighted by atomic mass is 16.5. The standard InChI is InChI=1S/C12H18N2O3/c1-3-7-17-9-10-5-4-6-11(14-10)13-8-12(15)16-2/h4-6H,3,7-9H2,1-2H3,(H,13,14). The Morgan fingerprint density at radius 1 is 1.47 bits per heavy atom. The van der Waals surface area contributed by atoms with Crippen molar-refractivity contribution in [1.29, 1.82) is 0 Å². The van der Waals surface area contributed by atoms with E-state index in [-0.39, 0.29) is 12.5 Å². The molecule has 0 saturated carbocycles. The molecule has 0 atom stereocenters. The Morgan fingerprint density at radius 2 is 2.29 bits per heavy atom. The summed E-state index contributed by atoms with van der Waals surface area (Å²) >= 11 is 0. The van der Waals surface area contributed by atoms with Crippen molar-refractivity contribution in [3.63, 3.8) is 0 Å². The number of rotatable bonds is 7. The lowest BCUT2D eigenvalue weighted by molar-refractivity contribution is -0.138. The highest BCUT2D eigenvalue weighted by molar-refractivity contribution is 5.74. The van der Waals surface area contributed by atoms with Crippen LogP contribution < -0.4 is 5.32 Å². The van der Waals surface area contributed by atoms with Gasteiger partial charge >= 0.3 is 5.97 Å². The summed E-state index contributed by atoms with van der Waals surface area (Å²) in [4.78, 5) is 15.3. The molecule has 0 aliphatic rings. The molecule has 0 bridgehead atoms. The van der Waals surface area contributed by atoms with Crippen LogP contribution in [-0.4, -0.2) is 31.2 Å². The summed E-state index contributed by atoms with van der Waals surface area (Å²) in [5, 5.41) is 2.88. The van der Waals surface area contributed by atoms with E-state index in [1.165, 1.54) is 7.11 Å². The van der Waals surface area contributed by atoms with Crippen molar-refractivity contribution < 1.29 is 14.3 Å². The molecular formula is C12H18N2O3. The number of aromatic nitrogens is 1. The fourth-order valence-corrected chi connectivity index (χ4v) is 1.21. The molecular weight excluding hydrogens is 220 g/mol. The molecule has 1 aromatic rings. The van der Waals surface area contributed by atoms with Crippen molar-refractivity contribution in [3.05, 3.63) is 23.9 Å². The Bertz CT molecular complexity index is 355. The van der Waals surface area contributed by atoms with Crippen molar-refractivity contribution in [3.8, 4) is 0 Å². The van der Waals surface area contributed by atoms with Gasteiger partial charge in [0, 0.05) is 6.61 Å². The molecule has 5 nitrogen and oxygen atoms in total. The van der Waals surface area contributed by atoms with Crippen molar-refractivity contribution in [2.75, 3.05) is 25.6 Å². The van der Waals surface area contributed by atoms with Gasteiger partial charge in [-0.05, 0) is 18.6 Å². The van der Waals surface area contributed by atoms with Crippen molar-refractivity contribution >= 4 is 11.8 Å². The third kappa shape index (κ3) is 5.31. The quantitative estimate of drug-likeness (QED) is 0.577. The van der Waals surface area contributed by atoms with E-state index in [2.05, 4.69) is 22.0 Å². The van der Waals surface area contributed by atoms with Crippen molar-refractivity contribution in [1.82, 2.24) is 4.98 Å². The zero-order valence-electron chi connectivity index (χ0n) is 10.2. The fourth-order valence-electron chi connectivity index (χ4n) is 1.21. The number of methoxy groups -OCH3 is 1. The van der Waals surface area contributed by atoms with E-state index in [1.807, 2.05) is 12.1 Å². The molecule has 0 unspecified atom stereocenters. The molecule has 1 aromatic heterocycles. The molecule has 1 heterocycles. The van der Waals surface area contributed by atoms with Crippen LogP contribution in [0, 0.1) is 0 Å². The molecule has 0 amide bonds. The minimum atomic E-state index is -0.320. The SMILES string of the molecule is CCCOCc1cccc(NCC(=O)OC)n1. The third-order valence-electron chi connectivity index (χ3n) is 2.05. The lowest BCUT2D eigenvalue weighted by Crippen LogP contribution is -2.16. The molecule has 0 aliphatic carbocycles. The van der Waals surface area contributed by atoms with Gasteiger partial charge in [0.2, 0.25) is 0 Å². The van der Waals surface area contributed by atoms with E-state index < -0.39 is 0 Å². The van der Waals surface area contributed by atoms with Gasteiger partial charge in [0.1, 0.15) is 12.4 Å². The Labute approximate surface area is 101 Å². The van der Waals surface area contributed by atoms with Gasteiger partial charge in [0.25, 0.3) is 0 Å². The normalized spacial score (nSPS) is 10.0. The summed E-state index contributed by atoms with van der Waals surface area (Å²) in [7, 11) is 1.35. The number of hydrogen-bond donors (Lipinski definition) is 1. The monoisotopic (exact) mass is 238 g/mol. The average molecular weight is 238 g/mol. The molecule has 0 saturated heterocycles. The largest absolute Gasteiger partial charge is 0.468 e. The van der Waals surface area contributed by atoms with Gasteiger partial charge in [-0.3, -0.25) is 4.79 Å². The first-order valence-corrected chi connectivity index (χ1v) is 5.60. The average Bonchev–Trinajstić information content (AvgIpc) is 2.37. The zero-order chi connectivity index (χ0) is 12.5. The van der Waals surface area contributed by atoms with E-state index in [0.29, 0.717) is 12.4 Å². The molecule has 5 heteroatoms. The Morgan fingerprint density at radius 3 is 3.00 bits per heavy atom. The lowest BCUT2D eigenvalue weighted by atomic mass is 10.3. The summed E-state index contributed by atoms with van der Waals surface area (Å²) in [6, 6.07) is 5.56. The smallest absolute Gasteiger partial charge is 0.325 e. The number of hydrogen-bond acceptors (Lipinski definition) is 5. The Hall–Kier alpha value is -1.62. The molecule has 0 spiro atoms. The van der Waals surface area contributed by atoms with E-state index in [1.54, 1.807) is 6.07 Å². The third-order valence-corrected chi connectivity index (χ3v) is 2.05. The Balaban J connectivity index is 2.44. The molecule has 0 fully saturated rings. The number of esters is 1. The summed E-state index contributed by atoms with van der Waals surface area (Å²) in [6.07, 6.45) is 0.986. The number of carbonyl (C=O) groups excluding carboxylic acids is 1. The van der Waals surface area contributed by atoms with Gasteiger partial charge in [-0.1, -0.05) is 13.0 Å². The topological polar surface area (TPSA) is 60.5 Å². The van der Waals surface area contributed by atoms with Crippen LogP contribution in [0.25, 0.3) is 0 Å². The van der Waals surface area contributed by atoms with E-state index in [0.717, 1.165) is 18.7 Å². The summed E-state index contributed by atoms with van der Waals surface area (Å²) in [6.45, 7) is 3.38. The second-order valence-corrected chi connectivity index (χ2v) is 3.50. The van der Waals surface area contributed by atoms with E-state index in [4.69, 9.17) is 4.74 Å². The predicted octanol–water partition coefficient (Wildman–Crippen LogP) is 1.59. The van der Waals surface area contributed by atoms with Gasteiger partial charge in [0.05, 0.1) is 19.4 Å². The summed E-state index contributed by atoms with van der Waals surface area (Å²) in [5.74, 6) is 0.326. The molecule has 1 N–H and O–H groups in total. The number of anilines is 1. The van der Waals surface area contributed by atoms with Gasteiger partial charge in [-0.25, -0.2) is 4.98 Å². The number of pyridine rings is 1. The predicted molar refractivity (Wildman–Crippen MR) is 64.7 cm³/mol. The first-order chi connectivity index (χ1) is 8.26. The Kier molecular flexibility index (Phi) is 6.03. The molecule has 0 radical (unpaired) electrons. The molecule has 1 rings (SSSR count). The van der Waals surface area contributed by atoms with Crippen LogP contribution in [0.4, 0.5) is 5.82 Å². The minimum Gasteiger partial charge on any atom is -0.468 e. The van der Waals surface area contributed by atoms with Gasteiger partial charge in [0.15, 0.2) is 0 Å². The van der Waals surface area contributed by atoms with E-state index >= 15 is 0 Å². The number of carbonyl (C=O) groups is 1. The van der Waals surface area contributed by atoms with Gasteiger partial charge in [-0.2, -0.15) is 0 Å². The lowest BCUT2D eigenvalue weighted by Gasteiger charge is -2.06. The van der Waals surface area contributed by atoms with Crippen LogP contribution in [0.3, 0.4) is 0 Å². The van der Waals surface area contributed by atoms with Crippen LogP contribution in [0.15, 0.2) is 18.2 Å². The first kappa shape index (κ1) is 13.4.